The van der Waals surface area contributed by atoms with Crippen molar-refractivity contribution < 1.29 is 4.79 Å². The van der Waals surface area contributed by atoms with Crippen LogP contribution >= 0.6 is 0 Å². The van der Waals surface area contributed by atoms with Gasteiger partial charge in [-0.1, -0.05) is 0 Å². The minimum Gasteiger partial charge on any atom is -0.384 e. The van der Waals surface area contributed by atoms with Crippen molar-refractivity contribution in [1.29, 1.82) is 0 Å². The summed E-state index contributed by atoms with van der Waals surface area (Å²) in [6.07, 6.45) is 2.53. The fourth-order valence-electron chi connectivity index (χ4n) is 2.00. The van der Waals surface area contributed by atoms with Crippen LogP contribution in [0.5, 0.6) is 0 Å². The second-order valence-electron chi connectivity index (χ2n) is 4.11. The number of rotatable bonds is 2. The highest BCUT2D eigenvalue weighted by Gasteiger charge is 2.13. The first kappa shape index (κ1) is 10.7. The summed E-state index contributed by atoms with van der Waals surface area (Å²) in [6.45, 7) is 0.935. The summed E-state index contributed by atoms with van der Waals surface area (Å²) < 4.78 is 0. The average molecular weight is 240 g/mol. The zero-order valence-electron chi connectivity index (χ0n) is 9.68. The number of anilines is 2. The summed E-state index contributed by atoms with van der Waals surface area (Å²) in [6, 6.07) is 9.10. The van der Waals surface area contributed by atoms with Crippen molar-refractivity contribution in [2.75, 3.05) is 17.2 Å². The van der Waals surface area contributed by atoms with E-state index < -0.39 is 0 Å². The van der Waals surface area contributed by atoms with Crippen molar-refractivity contribution in [1.82, 2.24) is 10.2 Å². The minimum atomic E-state index is -0.162. The number of nitrogens with one attached hydrogen (secondary N) is 2. The van der Waals surface area contributed by atoms with E-state index in [4.69, 9.17) is 0 Å². The highest BCUT2D eigenvalue weighted by Crippen LogP contribution is 2.23. The second-order valence-corrected chi connectivity index (χ2v) is 4.11. The fraction of sp³-hybridized carbons (Fsp3) is 0.154. The van der Waals surface area contributed by atoms with Crippen LogP contribution < -0.4 is 10.6 Å². The van der Waals surface area contributed by atoms with Gasteiger partial charge in [-0.15, -0.1) is 5.10 Å². The van der Waals surface area contributed by atoms with Crippen molar-refractivity contribution >= 4 is 17.4 Å². The Bertz CT molecular complexity index is 583. The monoisotopic (exact) mass is 240 g/mol. The first-order valence-corrected chi connectivity index (χ1v) is 5.79. The number of carbonyl (C=O) groups excluding carboxylic acids is 1. The molecule has 0 radical (unpaired) electrons. The number of aromatic nitrogens is 2. The number of hydrogen-bond donors (Lipinski definition) is 2. The quantitative estimate of drug-likeness (QED) is 0.838. The molecular weight excluding hydrogens is 228 g/mol. The molecule has 1 amide bonds. The Balaban J connectivity index is 1.81. The minimum absolute atomic E-state index is 0.162. The van der Waals surface area contributed by atoms with Crippen molar-refractivity contribution in [2.24, 2.45) is 0 Å². The van der Waals surface area contributed by atoms with Gasteiger partial charge in [-0.3, -0.25) is 4.79 Å². The van der Waals surface area contributed by atoms with Gasteiger partial charge in [-0.25, -0.2) is 0 Å². The lowest BCUT2D eigenvalue weighted by molar-refractivity contribution is 0.102. The largest absolute Gasteiger partial charge is 0.384 e. The molecule has 1 aromatic heterocycles. The van der Waals surface area contributed by atoms with E-state index >= 15 is 0 Å². The molecule has 0 spiro atoms. The maximum Gasteiger partial charge on any atom is 0.256 e. The molecule has 5 heteroatoms. The first-order chi connectivity index (χ1) is 8.83. The molecule has 2 N–H and O–H groups in total. The molecule has 0 saturated carbocycles. The van der Waals surface area contributed by atoms with Gasteiger partial charge >= 0.3 is 0 Å². The van der Waals surface area contributed by atoms with Crippen molar-refractivity contribution in [3.05, 3.63) is 47.7 Å². The number of fused-ring (bicyclic) bond motifs is 1. The highest BCUT2D eigenvalue weighted by atomic mass is 16.1. The number of amides is 1. The van der Waals surface area contributed by atoms with E-state index in [1.165, 1.54) is 5.56 Å². The summed E-state index contributed by atoms with van der Waals surface area (Å²) in [7, 11) is 0. The predicted molar refractivity (Wildman–Crippen MR) is 68.6 cm³/mol. The molecule has 0 unspecified atom stereocenters. The number of carbonyl (C=O) groups is 1. The zero-order chi connectivity index (χ0) is 12.4. The van der Waals surface area contributed by atoms with Crippen molar-refractivity contribution in [3.63, 3.8) is 0 Å². The van der Waals surface area contributed by atoms with Crippen LogP contribution in [0, 0.1) is 0 Å². The molecule has 0 fully saturated rings. The third kappa shape index (κ3) is 2.02. The predicted octanol–water partition coefficient (Wildman–Crippen LogP) is 1.70. The molecule has 2 aromatic rings. The molecule has 1 aliphatic heterocycles. The van der Waals surface area contributed by atoms with Crippen LogP contribution in [-0.2, 0) is 6.42 Å². The smallest absolute Gasteiger partial charge is 0.256 e. The lowest BCUT2D eigenvalue weighted by Crippen LogP contribution is -2.13. The van der Waals surface area contributed by atoms with Gasteiger partial charge in [-0.05, 0) is 42.3 Å². The molecule has 0 bridgehead atoms. The molecule has 3 rings (SSSR count). The van der Waals surface area contributed by atoms with Gasteiger partial charge < -0.3 is 10.6 Å². The van der Waals surface area contributed by atoms with Gasteiger partial charge in [0.2, 0.25) is 0 Å². The molecule has 5 nitrogen and oxygen atoms in total. The highest BCUT2D eigenvalue weighted by molar-refractivity contribution is 6.04. The van der Waals surface area contributed by atoms with E-state index in [0.717, 1.165) is 18.7 Å². The molecule has 0 atom stereocenters. The SMILES string of the molecule is O=C(Nc1cccnn1)c1ccc2c(c1)CCN2. The van der Waals surface area contributed by atoms with Crippen LogP contribution in [0.15, 0.2) is 36.5 Å². The summed E-state index contributed by atoms with van der Waals surface area (Å²) in [4.78, 5) is 12.0. The van der Waals surface area contributed by atoms with Gasteiger partial charge in [0.1, 0.15) is 0 Å². The topological polar surface area (TPSA) is 66.9 Å². The Morgan fingerprint density at radius 2 is 2.28 bits per heavy atom. The number of hydrogen-bond acceptors (Lipinski definition) is 4. The van der Waals surface area contributed by atoms with E-state index in [2.05, 4.69) is 20.8 Å². The maximum absolute atomic E-state index is 12.0. The second kappa shape index (κ2) is 4.44. The Labute approximate surface area is 104 Å². The van der Waals surface area contributed by atoms with Gasteiger partial charge in [0.15, 0.2) is 5.82 Å². The fourth-order valence-corrected chi connectivity index (χ4v) is 2.00. The zero-order valence-corrected chi connectivity index (χ0v) is 9.68. The lowest BCUT2D eigenvalue weighted by atomic mass is 10.1. The lowest BCUT2D eigenvalue weighted by Gasteiger charge is -2.05. The van der Waals surface area contributed by atoms with Gasteiger partial charge in [0.05, 0.1) is 0 Å². The molecule has 0 aliphatic carbocycles. The Kier molecular flexibility index (Phi) is 2.64. The molecule has 1 aromatic carbocycles. The van der Waals surface area contributed by atoms with Crippen molar-refractivity contribution in [3.8, 4) is 0 Å². The standard InChI is InChI=1S/C13H12N4O/c18-13(16-12-2-1-6-15-17-12)10-3-4-11-9(8-10)5-7-14-11/h1-4,6,8,14H,5,7H2,(H,16,17,18). The third-order valence-electron chi connectivity index (χ3n) is 2.89. The van der Waals surface area contributed by atoms with Crippen molar-refractivity contribution in [2.45, 2.75) is 6.42 Å². The first-order valence-electron chi connectivity index (χ1n) is 5.79. The normalized spacial score (nSPS) is 12.7. The van der Waals surface area contributed by atoms with Crippen LogP contribution in [0.25, 0.3) is 0 Å². The van der Waals surface area contributed by atoms with Crippen LogP contribution in [0.3, 0.4) is 0 Å². The Hall–Kier alpha value is -2.43. The molecule has 90 valence electrons. The van der Waals surface area contributed by atoms with Gasteiger partial charge in [0, 0.05) is 24.0 Å². The summed E-state index contributed by atoms with van der Waals surface area (Å²) in [5, 5.41) is 13.5. The Morgan fingerprint density at radius 1 is 1.33 bits per heavy atom. The number of benzene rings is 1. The van der Waals surface area contributed by atoms with E-state index in [0.29, 0.717) is 11.4 Å². The summed E-state index contributed by atoms with van der Waals surface area (Å²) in [5.74, 6) is 0.298. The van der Waals surface area contributed by atoms with E-state index in [-0.39, 0.29) is 5.91 Å². The third-order valence-corrected chi connectivity index (χ3v) is 2.89. The van der Waals surface area contributed by atoms with E-state index in [9.17, 15) is 4.79 Å². The van der Waals surface area contributed by atoms with Crippen LogP contribution in [-0.4, -0.2) is 22.6 Å². The molecule has 18 heavy (non-hydrogen) atoms. The van der Waals surface area contributed by atoms with Gasteiger partial charge in [0.25, 0.3) is 5.91 Å². The maximum atomic E-state index is 12.0. The molecule has 2 heterocycles. The van der Waals surface area contributed by atoms with E-state index in [1.54, 1.807) is 18.3 Å². The summed E-state index contributed by atoms with van der Waals surface area (Å²) in [5.41, 5.74) is 2.94. The number of nitrogens with zero attached hydrogens (tertiary/aromatic N) is 2. The summed E-state index contributed by atoms with van der Waals surface area (Å²) >= 11 is 0. The van der Waals surface area contributed by atoms with E-state index in [1.807, 2.05) is 18.2 Å². The Morgan fingerprint density at radius 3 is 3.11 bits per heavy atom. The molecule has 0 saturated heterocycles. The molecule has 1 aliphatic rings. The van der Waals surface area contributed by atoms with Crippen LogP contribution in [0.1, 0.15) is 15.9 Å². The average Bonchev–Trinajstić information content (AvgIpc) is 2.87. The van der Waals surface area contributed by atoms with Crippen LogP contribution in [0.2, 0.25) is 0 Å². The van der Waals surface area contributed by atoms with Crippen LogP contribution in [0.4, 0.5) is 11.5 Å². The molecular formula is C13H12N4O. The van der Waals surface area contributed by atoms with Gasteiger partial charge in [-0.2, -0.15) is 5.10 Å².